The molecule has 31 heavy (non-hydrogen) atoms. The van der Waals surface area contributed by atoms with E-state index in [1.165, 1.54) is 45.9 Å². The van der Waals surface area contributed by atoms with Crippen molar-refractivity contribution < 1.29 is 28.5 Å². The van der Waals surface area contributed by atoms with Gasteiger partial charge in [0.25, 0.3) is 0 Å². The second-order valence-electron chi connectivity index (χ2n) is 7.33. The summed E-state index contributed by atoms with van der Waals surface area (Å²) in [6, 6.07) is 3.49. The zero-order valence-electron chi connectivity index (χ0n) is 18.4. The number of hydrogen-bond acceptors (Lipinski definition) is 7. The summed E-state index contributed by atoms with van der Waals surface area (Å²) in [6.45, 7) is 2.19. The molecule has 1 atom stereocenters. The highest BCUT2D eigenvalue weighted by Crippen LogP contribution is 2.40. The number of methoxy groups -OCH3 is 4. The lowest BCUT2D eigenvalue weighted by Crippen LogP contribution is -2.14. The van der Waals surface area contributed by atoms with Crippen LogP contribution in [-0.2, 0) is 22.4 Å². The standard InChI is InChI=1S/C23H27NO6S/c1-13-6-8-15-18(10-13)31-22(20(15)23(26)30-5)24-19(25)9-7-14-11-16(27-2)21(29-4)17(12-14)28-3/h7,9,11-13H,6,8,10H2,1-5H3,(H,24,25)/b9-7+. The molecular formula is C23H27NO6S. The summed E-state index contributed by atoms with van der Waals surface area (Å²) in [5.74, 6) is 1.26. The van der Waals surface area contributed by atoms with E-state index in [9.17, 15) is 9.59 Å². The van der Waals surface area contributed by atoms with E-state index in [0.717, 1.165) is 29.7 Å². The van der Waals surface area contributed by atoms with E-state index in [2.05, 4.69) is 12.2 Å². The quantitative estimate of drug-likeness (QED) is 0.504. The number of carbonyl (C=O) groups is 2. The zero-order valence-corrected chi connectivity index (χ0v) is 19.2. The van der Waals surface area contributed by atoms with Crippen LogP contribution in [0, 0.1) is 5.92 Å². The van der Waals surface area contributed by atoms with Crippen molar-refractivity contribution in [3.8, 4) is 17.2 Å². The molecule has 0 bridgehead atoms. The van der Waals surface area contributed by atoms with E-state index in [1.807, 2.05) is 0 Å². The van der Waals surface area contributed by atoms with Crippen LogP contribution in [0.25, 0.3) is 6.08 Å². The first-order valence-corrected chi connectivity index (χ1v) is 10.7. The average molecular weight is 446 g/mol. The van der Waals surface area contributed by atoms with Crippen LogP contribution in [0.1, 0.15) is 39.7 Å². The van der Waals surface area contributed by atoms with Crippen molar-refractivity contribution in [2.24, 2.45) is 5.92 Å². The van der Waals surface area contributed by atoms with Gasteiger partial charge in [-0.1, -0.05) is 6.92 Å². The van der Waals surface area contributed by atoms with Crippen molar-refractivity contribution in [2.45, 2.75) is 26.2 Å². The van der Waals surface area contributed by atoms with Gasteiger partial charge in [-0.3, -0.25) is 4.79 Å². The van der Waals surface area contributed by atoms with Gasteiger partial charge >= 0.3 is 5.97 Å². The molecule has 1 aliphatic rings. The molecule has 1 aliphatic carbocycles. The number of amides is 1. The number of carbonyl (C=O) groups excluding carboxylic acids is 2. The van der Waals surface area contributed by atoms with Crippen molar-refractivity contribution in [1.29, 1.82) is 0 Å². The van der Waals surface area contributed by atoms with E-state index in [-0.39, 0.29) is 5.91 Å². The Labute approximate surface area is 186 Å². The minimum Gasteiger partial charge on any atom is -0.493 e. The average Bonchev–Trinajstić information content (AvgIpc) is 3.12. The van der Waals surface area contributed by atoms with Gasteiger partial charge in [0.2, 0.25) is 11.7 Å². The van der Waals surface area contributed by atoms with Crippen LogP contribution < -0.4 is 19.5 Å². The van der Waals surface area contributed by atoms with Gasteiger partial charge in [-0.2, -0.15) is 0 Å². The zero-order chi connectivity index (χ0) is 22.5. The molecule has 1 aromatic carbocycles. The third-order valence-electron chi connectivity index (χ3n) is 5.25. The fraction of sp³-hybridized carbons (Fsp3) is 0.391. The Bertz CT molecular complexity index is 985. The largest absolute Gasteiger partial charge is 0.493 e. The SMILES string of the molecule is COC(=O)c1c(NC(=O)/C=C/c2cc(OC)c(OC)c(OC)c2)sc2c1CCC(C)C2. The maximum atomic E-state index is 12.6. The molecule has 1 amide bonds. The smallest absolute Gasteiger partial charge is 0.341 e. The monoisotopic (exact) mass is 445 g/mol. The highest BCUT2D eigenvalue weighted by molar-refractivity contribution is 7.17. The molecule has 2 aromatic rings. The minimum absolute atomic E-state index is 0.342. The first kappa shape index (κ1) is 22.7. The normalized spacial score (nSPS) is 15.3. The first-order chi connectivity index (χ1) is 14.9. The van der Waals surface area contributed by atoms with Crippen LogP contribution in [0.4, 0.5) is 5.00 Å². The van der Waals surface area contributed by atoms with Gasteiger partial charge in [-0.15, -0.1) is 11.3 Å². The summed E-state index contributed by atoms with van der Waals surface area (Å²) in [4.78, 5) is 26.2. The van der Waals surface area contributed by atoms with Crippen molar-refractivity contribution in [3.05, 3.63) is 39.8 Å². The molecule has 1 aromatic heterocycles. The molecule has 166 valence electrons. The maximum Gasteiger partial charge on any atom is 0.341 e. The van der Waals surface area contributed by atoms with E-state index < -0.39 is 5.97 Å². The molecule has 3 rings (SSSR count). The Hall–Kier alpha value is -3.00. The summed E-state index contributed by atoms with van der Waals surface area (Å²) in [5.41, 5.74) is 2.18. The van der Waals surface area contributed by atoms with Crippen LogP contribution >= 0.6 is 11.3 Å². The second-order valence-corrected chi connectivity index (χ2v) is 8.43. The number of thiophene rings is 1. The van der Waals surface area contributed by atoms with Gasteiger partial charge in [0.15, 0.2) is 11.5 Å². The highest BCUT2D eigenvalue weighted by atomic mass is 32.1. The Morgan fingerprint density at radius 3 is 2.35 bits per heavy atom. The lowest BCUT2D eigenvalue weighted by Gasteiger charge is -2.18. The van der Waals surface area contributed by atoms with Gasteiger partial charge in [0.1, 0.15) is 5.00 Å². The van der Waals surface area contributed by atoms with E-state index >= 15 is 0 Å². The molecule has 1 N–H and O–H groups in total. The third kappa shape index (κ3) is 4.85. The number of esters is 1. The Kier molecular flexibility index (Phi) is 7.22. The molecule has 7 nitrogen and oxygen atoms in total. The van der Waals surface area contributed by atoms with E-state index in [4.69, 9.17) is 18.9 Å². The topological polar surface area (TPSA) is 83.1 Å². The molecule has 8 heteroatoms. The Morgan fingerprint density at radius 1 is 1.10 bits per heavy atom. The summed E-state index contributed by atoms with van der Waals surface area (Å²) < 4.78 is 21.0. The second kappa shape index (κ2) is 9.87. The van der Waals surface area contributed by atoms with Gasteiger partial charge in [-0.25, -0.2) is 4.79 Å². The summed E-state index contributed by atoms with van der Waals surface area (Å²) in [7, 11) is 5.95. The van der Waals surface area contributed by atoms with Crippen LogP contribution in [0.3, 0.4) is 0 Å². The first-order valence-electron chi connectivity index (χ1n) is 9.93. The number of hydrogen-bond donors (Lipinski definition) is 1. The Balaban J connectivity index is 1.84. The lowest BCUT2D eigenvalue weighted by molar-refractivity contribution is -0.111. The van der Waals surface area contributed by atoms with Crippen molar-refractivity contribution in [3.63, 3.8) is 0 Å². The predicted octanol–water partition coefficient (Wildman–Crippen LogP) is 4.34. The molecule has 0 spiro atoms. The molecule has 1 heterocycles. The van der Waals surface area contributed by atoms with E-state index in [0.29, 0.717) is 39.3 Å². The minimum atomic E-state index is -0.420. The van der Waals surface area contributed by atoms with Gasteiger partial charge in [0.05, 0.1) is 34.0 Å². The number of benzene rings is 1. The third-order valence-corrected chi connectivity index (χ3v) is 6.42. The Morgan fingerprint density at radius 2 is 1.77 bits per heavy atom. The van der Waals surface area contributed by atoms with Crippen LogP contribution in [-0.4, -0.2) is 40.3 Å². The molecule has 0 saturated heterocycles. The summed E-state index contributed by atoms with van der Waals surface area (Å²) in [5, 5.41) is 3.39. The van der Waals surface area contributed by atoms with Crippen molar-refractivity contribution >= 4 is 34.3 Å². The molecule has 0 radical (unpaired) electrons. The lowest BCUT2D eigenvalue weighted by atomic mass is 9.88. The van der Waals surface area contributed by atoms with Crippen LogP contribution in [0.5, 0.6) is 17.2 Å². The summed E-state index contributed by atoms with van der Waals surface area (Å²) in [6.07, 6.45) is 5.79. The van der Waals surface area contributed by atoms with Gasteiger partial charge < -0.3 is 24.3 Å². The van der Waals surface area contributed by atoms with Crippen LogP contribution in [0.15, 0.2) is 18.2 Å². The fourth-order valence-electron chi connectivity index (χ4n) is 3.68. The molecule has 0 saturated carbocycles. The fourth-order valence-corrected chi connectivity index (χ4v) is 5.08. The van der Waals surface area contributed by atoms with Crippen molar-refractivity contribution in [1.82, 2.24) is 0 Å². The molecule has 1 unspecified atom stereocenters. The number of nitrogens with one attached hydrogen (secondary N) is 1. The number of anilines is 1. The molecular weight excluding hydrogens is 418 g/mol. The van der Waals surface area contributed by atoms with Gasteiger partial charge in [0, 0.05) is 11.0 Å². The van der Waals surface area contributed by atoms with Crippen LogP contribution in [0.2, 0.25) is 0 Å². The molecule has 0 aliphatic heterocycles. The molecule has 0 fully saturated rings. The predicted molar refractivity (Wildman–Crippen MR) is 121 cm³/mol. The number of ether oxygens (including phenoxy) is 4. The number of fused-ring (bicyclic) bond motifs is 1. The number of rotatable bonds is 7. The van der Waals surface area contributed by atoms with Crippen molar-refractivity contribution in [2.75, 3.05) is 33.8 Å². The maximum absolute atomic E-state index is 12.6. The highest BCUT2D eigenvalue weighted by Gasteiger charge is 2.28. The van der Waals surface area contributed by atoms with E-state index in [1.54, 1.807) is 18.2 Å². The summed E-state index contributed by atoms with van der Waals surface area (Å²) >= 11 is 1.45. The van der Waals surface area contributed by atoms with Gasteiger partial charge in [-0.05, 0) is 54.5 Å².